The van der Waals surface area contributed by atoms with E-state index in [0.717, 1.165) is 35.3 Å². The van der Waals surface area contributed by atoms with Crippen molar-refractivity contribution in [2.45, 2.75) is 25.3 Å². The highest BCUT2D eigenvalue weighted by Gasteiger charge is 2.32. The number of hydrogen-bond acceptors (Lipinski definition) is 7. The SMILES string of the molecule is Cn1nncc1-c1cnn(C(CC2CC2)c2ccc(-c3c(-n4cnnn4)ccc(Cl)c3F)c[n+]2[O-])c1. The van der Waals surface area contributed by atoms with Crippen molar-refractivity contribution in [3.63, 3.8) is 0 Å². The summed E-state index contributed by atoms with van der Waals surface area (Å²) < 4.78 is 20.8. The van der Waals surface area contributed by atoms with E-state index in [1.807, 2.05) is 13.2 Å². The predicted octanol–water partition coefficient (Wildman–Crippen LogP) is 3.14. The Hall–Kier alpha value is -4.19. The largest absolute Gasteiger partial charge is 0.618 e. The van der Waals surface area contributed by atoms with Gasteiger partial charge in [0.2, 0.25) is 5.69 Å². The number of nitrogens with zero attached hydrogens (tertiary/aromatic N) is 10. The van der Waals surface area contributed by atoms with E-state index in [1.165, 1.54) is 23.3 Å². The minimum atomic E-state index is -0.659. The van der Waals surface area contributed by atoms with E-state index in [2.05, 4.69) is 30.9 Å². The lowest BCUT2D eigenvalue weighted by Crippen LogP contribution is -2.35. The topological polar surface area (TPSA) is 119 Å². The lowest BCUT2D eigenvalue weighted by molar-refractivity contribution is -0.615. The van der Waals surface area contributed by atoms with Gasteiger partial charge in [0.15, 0.2) is 12.0 Å². The minimum Gasteiger partial charge on any atom is -0.618 e. The fourth-order valence-corrected chi connectivity index (χ4v) is 4.56. The second-order valence-corrected chi connectivity index (χ2v) is 9.23. The van der Waals surface area contributed by atoms with E-state index >= 15 is 4.39 Å². The van der Waals surface area contributed by atoms with Crippen molar-refractivity contribution in [1.82, 2.24) is 45.0 Å². The van der Waals surface area contributed by atoms with E-state index < -0.39 is 5.82 Å². The van der Waals surface area contributed by atoms with Crippen LogP contribution in [0.2, 0.25) is 5.02 Å². The highest BCUT2D eigenvalue weighted by molar-refractivity contribution is 6.31. The maximum atomic E-state index is 15.2. The Kier molecular flexibility index (Phi) is 5.44. The van der Waals surface area contributed by atoms with Crippen molar-refractivity contribution in [1.29, 1.82) is 0 Å². The maximum Gasteiger partial charge on any atom is 0.217 e. The van der Waals surface area contributed by atoms with Gasteiger partial charge < -0.3 is 5.21 Å². The Balaban J connectivity index is 1.41. The third kappa shape index (κ3) is 3.98. The molecule has 0 aliphatic heterocycles. The molecule has 182 valence electrons. The molecule has 1 aromatic carbocycles. The number of aryl methyl sites for hydroxylation is 1. The van der Waals surface area contributed by atoms with E-state index in [0.29, 0.717) is 22.9 Å². The van der Waals surface area contributed by atoms with Crippen LogP contribution in [0.1, 0.15) is 31.0 Å². The Morgan fingerprint density at radius 3 is 2.69 bits per heavy atom. The van der Waals surface area contributed by atoms with Gasteiger partial charge in [-0.2, -0.15) is 14.5 Å². The summed E-state index contributed by atoms with van der Waals surface area (Å²) >= 11 is 6.08. The number of pyridine rings is 1. The van der Waals surface area contributed by atoms with E-state index in [-0.39, 0.29) is 16.6 Å². The van der Waals surface area contributed by atoms with E-state index in [9.17, 15) is 5.21 Å². The van der Waals surface area contributed by atoms with Crippen molar-refractivity contribution in [2.24, 2.45) is 13.0 Å². The summed E-state index contributed by atoms with van der Waals surface area (Å²) in [5, 5.41) is 36.9. The van der Waals surface area contributed by atoms with Crippen LogP contribution in [0, 0.1) is 16.9 Å². The molecule has 1 saturated carbocycles. The van der Waals surface area contributed by atoms with E-state index in [1.54, 1.807) is 40.0 Å². The van der Waals surface area contributed by atoms with Gasteiger partial charge in [-0.05, 0) is 41.0 Å². The zero-order valence-electron chi connectivity index (χ0n) is 19.1. The zero-order chi connectivity index (χ0) is 24.8. The number of aromatic nitrogens is 10. The van der Waals surface area contributed by atoms with Gasteiger partial charge in [-0.1, -0.05) is 29.7 Å². The molecule has 0 amide bonds. The Labute approximate surface area is 209 Å². The van der Waals surface area contributed by atoms with Crippen LogP contribution in [-0.4, -0.2) is 45.0 Å². The molecule has 1 fully saturated rings. The van der Waals surface area contributed by atoms with Gasteiger partial charge in [0.25, 0.3) is 0 Å². The van der Waals surface area contributed by atoms with Gasteiger partial charge in [0.1, 0.15) is 12.4 Å². The first-order valence-electron chi connectivity index (χ1n) is 11.3. The average molecular weight is 507 g/mol. The summed E-state index contributed by atoms with van der Waals surface area (Å²) in [5.74, 6) is -0.133. The number of halogens is 2. The van der Waals surface area contributed by atoms with Gasteiger partial charge >= 0.3 is 0 Å². The molecule has 0 saturated heterocycles. The number of benzene rings is 1. The first-order valence-corrected chi connectivity index (χ1v) is 11.7. The van der Waals surface area contributed by atoms with Crippen LogP contribution >= 0.6 is 11.6 Å². The lowest BCUT2D eigenvalue weighted by atomic mass is 10.0. The molecule has 1 unspecified atom stereocenters. The third-order valence-corrected chi connectivity index (χ3v) is 6.72. The Morgan fingerprint density at radius 2 is 2.00 bits per heavy atom. The van der Waals surface area contributed by atoms with Crippen LogP contribution < -0.4 is 4.73 Å². The summed E-state index contributed by atoms with van der Waals surface area (Å²) in [6.45, 7) is 0. The quantitative estimate of drug-likeness (QED) is 0.246. The Bertz CT molecular complexity index is 1540. The van der Waals surface area contributed by atoms with Crippen LogP contribution in [-0.2, 0) is 7.05 Å². The van der Waals surface area contributed by atoms with Gasteiger partial charge in [-0.3, -0.25) is 4.68 Å². The molecular weight excluding hydrogens is 487 g/mol. The highest BCUT2D eigenvalue weighted by Crippen LogP contribution is 2.39. The van der Waals surface area contributed by atoms with Crippen molar-refractivity contribution in [2.75, 3.05) is 0 Å². The lowest BCUT2D eigenvalue weighted by Gasteiger charge is -2.18. The summed E-state index contributed by atoms with van der Waals surface area (Å²) in [5.41, 5.74) is 3.04. The molecule has 11 nitrogen and oxygen atoms in total. The number of tetrazole rings is 1. The first-order chi connectivity index (χ1) is 17.5. The van der Waals surface area contributed by atoms with Crippen LogP contribution in [0.25, 0.3) is 28.1 Å². The van der Waals surface area contributed by atoms with Crippen LogP contribution in [0.3, 0.4) is 0 Å². The van der Waals surface area contributed by atoms with Gasteiger partial charge in [0.05, 0.1) is 39.9 Å². The monoisotopic (exact) mass is 506 g/mol. The molecule has 0 spiro atoms. The van der Waals surface area contributed by atoms with Crippen LogP contribution in [0.15, 0.2) is 55.4 Å². The normalized spacial score (nSPS) is 14.3. The second kappa shape index (κ2) is 8.79. The third-order valence-electron chi connectivity index (χ3n) is 6.43. The molecule has 4 heterocycles. The summed E-state index contributed by atoms with van der Waals surface area (Å²) in [7, 11) is 1.81. The minimum absolute atomic E-state index is 0.0660. The van der Waals surface area contributed by atoms with Crippen molar-refractivity contribution in [3.8, 4) is 28.1 Å². The van der Waals surface area contributed by atoms with Crippen molar-refractivity contribution in [3.05, 3.63) is 77.1 Å². The molecule has 1 atom stereocenters. The van der Waals surface area contributed by atoms with Crippen molar-refractivity contribution < 1.29 is 9.12 Å². The molecule has 4 aromatic heterocycles. The Morgan fingerprint density at radius 1 is 1.14 bits per heavy atom. The fourth-order valence-electron chi connectivity index (χ4n) is 4.40. The first kappa shape index (κ1) is 22.3. The van der Waals surface area contributed by atoms with Crippen LogP contribution in [0.4, 0.5) is 4.39 Å². The summed E-state index contributed by atoms with van der Waals surface area (Å²) in [4.78, 5) is 0. The molecule has 5 aromatic rings. The molecule has 1 aliphatic rings. The molecule has 6 rings (SSSR count). The molecule has 13 heteroatoms. The zero-order valence-corrected chi connectivity index (χ0v) is 19.9. The van der Waals surface area contributed by atoms with E-state index in [4.69, 9.17) is 11.6 Å². The van der Waals surface area contributed by atoms with Gasteiger partial charge in [-0.15, -0.1) is 10.2 Å². The molecular formula is C23H20ClFN10O. The van der Waals surface area contributed by atoms with Crippen LogP contribution in [0.5, 0.6) is 0 Å². The number of rotatable bonds is 7. The molecule has 36 heavy (non-hydrogen) atoms. The number of hydrogen-bond donors (Lipinski definition) is 0. The maximum absolute atomic E-state index is 15.2. The molecule has 0 bridgehead atoms. The second-order valence-electron chi connectivity index (χ2n) is 8.83. The standard InChI is InChI=1S/C23H20ClFN10O/c1-32-21(10-26-30-32)16-9-28-33(11-16)20(8-14-2-3-14)18-6-4-15(12-35(18)36)22-19(34-13-27-29-31-34)7-5-17(24)23(22)25/h4-7,9-14,20H,2-3,8H2,1H3. The van der Waals surface area contributed by atoms with Gasteiger partial charge in [-0.25, -0.2) is 9.07 Å². The smallest absolute Gasteiger partial charge is 0.217 e. The average Bonchev–Trinajstić information content (AvgIpc) is 3.24. The summed E-state index contributed by atoms with van der Waals surface area (Å²) in [6.07, 6.45) is 11.0. The van der Waals surface area contributed by atoms with Gasteiger partial charge in [0, 0.05) is 24.9 Å². The predicted molar refractivity (Wildman–Crippen MR) is 126 cm³/mol. The molecule has 1 aliphatic carbocycles. The van der Waals surface area contributed by atoms with Crippen molar-refractivity contribution >= 4 is 11.6 Å². The fraction of sp³-hybridized carbons (Fsp3) is 0.261. The molecule has 0 N–H and O–H groups in total. The highest BCUT2D eigenvalue weighted by atomic mass is 35.5. The summed E-state index contributed by atoms with van der Waals surface area (Å²) in [6, 6.07) is 6.17. The molecule has 0 radical (unpaired) electrons.